The SMILES string of the molecule is CCc1ccc(CCC(=O)N2CCC(=O)C2)cc1. The lowest BCUT2D eigenvalue weighted by Gasteiger charge is -2.14. The summed E-state index contributed by atoms with van der Waals surface area (Å²) in [5.74, 6) is 0.274. The summed E-state index contributed by atoms with van der Waals surface area (Å²) in [4.78, 5) is 24.6. The Kier molecular flexibility index (Phi) is 4.13. The van der Waals surface area contributed by atoms with E-state index < -0.39 is 0 Å². The Morgan fingerprint density at radius 2 is 1.89 bits per heavy atom. The van der Waals surface area contributed by atoms with E-state index in [1.807, 2.05) is 0 Å². The van der Waals surface area contributed by atoms with Crippen LogP contribution >= 0.6 is 0 Å². The molecule has 1 heterocycles. The molecule has 0 unspecified atom stereocenters. The third-order valence-corrected chi connectivity index (χ3v) is 3.44. The van der Waals surface area contributed by atoms with Crippen molar-refractivity contribution >= 4 is 11.7 Å². The molecule has 1 fully saturated rings. The van der Waals surface area contributed by atoms with E-state index in [0.29, 0.717) is 25.9 Å². The molecule has 3 heteroatoms. The highest BCUT2D eigenvalue weighted by Gasteiger charge is 2.23. The molecule has 0 N–H and O–H groups in total. The molecule has 0 spiro atoms. The Balaban J connectivity index is 1.83. The lowest BCUT2D eigenvalue weighted by atomic mass is 10.1. The Bertz CT molecular complexity index is 436. The third-order valence-electron chi connectivity index (χ3n) is 3.44. The van der Waals surface area contributed by atoms with Crippen LogP contribution in [0.25, 0.3) is 0 Å². The monoisotopic (exact) mass is 245 g/mol. The highest BCUT2D eigenvalue weighted by atomic mass is 16.2. The van der Waals surface area contributed by atoms with Gasteiger partial charge in [0.25, 0.3) is 0 Å². The van der Waals surface area contributed by atoms with Crippen LogP contribution in [0.3, 0.4) is 0 Å². The van der Waals surface area contributed by atoms with Gasteiger partial charge in [-0.1, -0.05) is 31.2 Å². The minimum Gasteiger partial charge on any atom is -0.335 e. The summed E-state index contributed by atoms with van der Waals surface area (Å²) in [5.41, 5.74) is 2.50. The Hall–Kier alpha value is -1.64. The third kappa shape index (κ3) is 3.19. The molecular formula is C15H19NO2. The Morgan fingerprint density at radius 3 is 2.44 bits per heavy atom. The highest BCUT2D eigenvalue weighted by molar-refractivity contribution is 5.89. The van der Waals surface area contributed by atoms with Gasteiger partial charge in [0, 0.05) is 19.4 Å². The number of Topliss-reactive ketones (excluding diaryl/α,β-unsaturated/α-hetero) is 1. The van der Waals surface area contributed by atoms with Crippen molar-refractivity contribution < 1.29 is 9.59 Å². The predicted molar refractivity (Wildman–Crippen MR) is 70.3 cm³/mol. The summed E-state index contributed by atoms with van der Waals surface area (Å²) < 4.78 is 0. The average molecular weight is 245 g/mol. The number of hydrogen-bond donors (Lipinski definition) is 0. The fourth-order valence-electron chi connectivity index (χ4n) is 2.19. The second kappa shape index (κ2) is 5.80. The molecule has 1 saturated heterocycles. The molecule has 1 aliphatic heterocycles. The first-order valence-electron chi connectivity index (χ1n) is 6.56. The maximum atomic E-state index is 11.9. The zero-order valence-corrected chi connectivity index (χ0v) is 10.8. The lowest BCUT2D eigenvalue weighted by molar-refractivity contribution is -0.131. The van der Waals surface area contributed by atoms with Crippen molar-refractivity contribution in [3.05, 3.63) is 35.4 Å². The van der Waals surface area contributed by atoms with Crippen molar-refractivity contribution in [2.45, 2.75) is 32.6 Å². The number of hydrogen-bond acceptors (Lipinski definition) is 2. The van der Waals surface area contributed by atoms with E-state index in [4.69, 9.17) is 0 Å². The predicted octanol–water partition coefficient (Wildman–Crippen LogP) is 1.98. The van der Waals surface area contributed by atoms with Crippen molar-refractivity contribution in [2.24, 2.45) is 0 Å². The zero-order valence-electron chi connectivity index (χ0n) is 10.8. The summed E-state index contributed by atoms with van der Waals surface area (Å²) in [7, 11) is 0. The summed E-state index contributed by atoms with van der Waals surface area (Å²) in [6.07, 6.45) is 2.82. The van der Waals surface area contributed by atoms with E-state index in [2.05, 4.69) is 31.2 Å². The van der Waals surface area contributed by atoms with Crippen LogP contribution in [0.2, 0.25) is 0 Å². The number of amides is 1. The fourth-order valence-corrected chi connectivity index (χ4v) is 2.19. The molecule has 1 amide bonds. The molecular weight excluding hydrogens is 226 g/mol. The maximum Gasteiger partial charge on any atom is 0.223 e. The van der Waals surface area contributed by atoms with Crippen LogP contribution < -0.4 is 0 Å². The van der Waals surface area contributed by atoms with Gasteiger partial charge in [-0.3, -0.25) is 9.59 Å². The fraction of sp³-hybridized carbons (Fsp3) is 0.467. The number of likely N-dealkylation sites (tertiary alicyclic amines) is 1. The van der Waals surface area contributed by atoms with E-state index >= 15 is 0 Å². The van der Waals surface area contributed by atoms with Gasteiger partial charge in [-0.15, -0.1) is 0 Å². The topological polar surface area (TPSA) is 37.4 Å². The molecule has 1 aromatic rings. The van der Waals surface area contributed by atoms with Crippen molar-refractivity contribution in [1.29, 1.82) is 0 Å². The quantitative estimate of drug-likeness (QED) is 0.813. The van der Waals surface area contributed by atoms with Gasteiger partial charge in [-0.05, 0) is 24.0 Å². The van der Waals surface area contributed by atoms with Crippen molar-refractivity contribution in [3.63, 3.8) is 0 Å². The molecule has 3 nitrogen and oxygen atoms in total. The van der Waals surface area contributed by atoms with Gasteiger partial charge in [0.2, 0.25) is 5.91 Å². The van der Waals surface area contributed by atoms with Crippen molar-refractivity contribution in [2.75, 3.05) is 13.1 Å². The number of benzene rings is 1. The summed E-state index contributed by atoms with van der Waals surface area (Å²) >= 11 is 0. The van der Waals surface area contributed by atoms with Crippen LogP contribution in [0.1, 0.15) is 30.9 Å². The number of carbonyl (C=O) groups is 2. The van der Waals surface area contributed by atoms with E-state index in [1.165, 1.54) is 11.1 Å². The number of ketones is 1. The van der Waals surface area contributed by atoms with Crippen LogP contribution in [0.4, 0.5) is 0 Å². The van der Waals surface area contributed by atoms with Gasteiger partial charge >= 0.3 is 0 Å². The molecule has 2 rings (SSSR count). The van der Waals surface area contributed by atoms with E-state index in [-0.39, 0.29) is 11.7 Å². The highest BCUT2D eigenvalue weighted by Crippen LogP contribution is 2.11. The molecule has 0 atom stereocenters. The second-order valence-corrected chi connectivity index (χ2v) is 4.77. The first-order valence-corrected chi connectivity index (χ1v) is 6.56. The number of aryl methyl sites for hydroxylation is 2. The van der Waals surface area contributed by atoms with Crippen LogP contribution in [0, 0.1) is 0 Å². The van der Waals surface area contributed by atoms with E-state index in [9.17, 15) is 9.59 Å². The smallest absolute Gasteiger partial charge is 0.223 e. The molecule has 1 aliphatic rings. The number of nitrogens with zero attached hydrogens (tertiary/aromatic N) is 1. The first-order chi connectivity index (χ1) is 8.69. The standard InChI is InChI=1S/C15H19NO2/c1-2-12-3-5-13(6-4-12)7-8-15(18)16-10-9-14(17)11-16/h3-6H,2,7-11H2,1H3. The molecule has 0 saturated carbocycles. The second-order valence-electron chi connectivity index (χ2n) is 4.77. The van der Waals surface area contributed by atoms with E-state index in [0.717, 1.165) is 12.8 Å². The van der Waals surface area contributed by atoms with Gasteiger partial charge in [0.1, 0.15) is 0 Å². The minimum absolute atomic E-state index is 0.0976. The molecule has 0 radical (unpaired) electrons. The van der Waals surface area contributed by atoms with Crippen molar-refractivity contribution in [3.8, 4) is 0 Å². The van der Waals surface area contributed by atoms with Gasteiger partial charge in [0.15, 0.2) is 5.78 Å². The molecule has 0 aromatic heterocycles. The number of carbonyl (C=O) groups excluding carboxylic acids is 2. The van der Waals surface area contributed by atoms with Crippen LogP contribution in [-0.2, 0) is 22.4 Å². The first kappa shape index (κ1) is 12.8. The molecule has 0 aliphatic carbocycles. The van der Waals surface area contributed by atoms with Gasteiger partial charge in [-0.25, -0.2) is 0 Å². The maximum absolute atomic E-state index is 11.9. The summed E-state index contributed by atoms with van der Waals surface area (Å²) in [5, 5.41) is 0. The molecule has 1 aromatic carbocycles. The van der Waals surface area contributed by atoms with E-state index in [1.54, 1.807) is 4.90 Å². The van der Waals surface area contributed by atoms with Crippen LogP contribution in [0.15, 0.2) is 24.3 Å². The van der Waals surface area contributed by atoms with Crippen LogP contribution in [-0.4, -0.2) is 29.7 Å². The van der Waals surface area contributed by atoms with Crippen molar-refractivity contribution in [1.82, 2.24) is 4.90 Å². The van der Waals surface area contributed by atoms with Gasteiger partial charge < -0.3 is 4.90 Å². The average Bonchev–Trinajstić information content (AvgIpc) is 2.83. The molecule has 96 valence electrons. The normalized spacial score (nSPS) is 15.2. The lowest BCUT2D eigenvalue weighted by Crippen LogP contribution is -2.28. The van der Waals surface area contributed by atoms with Gasteiger partial charge in [0.05, 0.1) is 6.54 Å². The summed E-state index contributed by atoms with van der Waals surface area (Å²) in [6, 6.07) is 8.39. The Labute approximate surface area is 108 Å². The molecule has 18 heavy (non-hydrogen) atoms. The largest absolute Gasteiger partial charge is 0.335 e. The Morgan fingerprint density at radius 1 is 1.22 bits per heavy atom. The molecule has 0 bridgehead atoms. The summed E-state index contributed by atoms with van der Waals surface area (Å²) in [6.45, 7) is 3.04. The number of rotatable bonds is 4. The minimum atomic E-state index is 0.0976. The zero-order chi connectivity index (χ0) is 13.0. The van der Waals surface area contributed by atoms with Gasteiger partial charge in [-0.2, -0.15) is 0 Å². The van der Waals surface area contributed by atoms with Crippen LogP contribution in [0.5, 0.6) is 0 Å².